The van der Waals surface area contributed by atoms with Gasteiger partial charge in [-0.25, -0.2) is 15.0 Å². The predicted molar refractivity (Wildman–Crippen MR) is 67.3 cm³/mol. The highest BCUT2D eigenvalue weighted by Crippen LogP contribution is 2.33. The number of nitrogens with zero attached hydrogens (tertiary/aromatic N) is 3. The number of aryl methyl sites for hydroxylation is 1. The van der Waals surface area contributed by atoms with E-state index in [1.165, 1.54) is 0 Å². The summed E-state index contributed by atoms with van der Waals surface area (Å²) in [7, 11) is 0. The number of thioether (sulfide) groups is 1. The minimum Gasteiger partial charge on any atom is -0.383 e. The minimum atomic E-state index is 0.607. The van der Waals surface area contributed by atoms with E-state index in [0.717, 1.165) is 33.5 Å². The molecule has 2 aromatic heterocycles. The van der Waals surface area contributed by atoms with Crippen molar-refractivity contribution >= 4 is 28.9 Å². The lowest BCUT2D eigenvalue weighted by Crippen LogP contribution is -2.02. The summed E-state index contributed by atoms with van der Waals surface area (Å²) >= 11 is 3.43. The molecule has 2 aromatic rings. The molecule has 0 radical (unpaired) electrons. The van der Waals surface area contributed by atoms with Crippen LogP contribution in [0, 0.1) is 6.92 Å². The van der Waals surface area contributed by atoms with Gasteiger partial charge in [-0.3, -0.25) is 0 Å². The summed E-state index contributed by atoms with van der Waals surface area (Å²) in [5.74, 6) is 3.12. The summed E-state index contributed by atoms with van der Waals surface area (Å²) in [6.45, 7) is 1.97. The topological polar surface area (TPSA) is 64.7 Å². The van der Waals surface area contributed by atoms with E-state index in [1.807, 2.05) is 24.1 Å². The number of rotatable bonds is 1. The van der Waals surface area contributed by atoms with Gasteiger partial charge in [0.1, 0.15) is 11.5 Å². The summed E-state index contributed by atoms with van der Waals surface area (Å²) < 4.78 is 0. The Bertz CT molecular complexity index is 550. The molecule has 0 unspecified atom stereocenters. The quantitative estimate of drug-likeness (QED) is 0.841. The maximum atomic E-state index is 5.93. The highest BCUT2D eigenvalue weighted by molar-refractivity contribution is 7.98. The molecule has 0 fully saturated rings. The minimum absolute atomic E-state index is 0.607. The van der Waals surface area contributed by atoms with Crippen LogP contribution >= 0.6 is 23.1 Å². The largest absolute Gasteiger partial charge is 0.383 e. The van der Waals surface area contributed by atoms with Crippen LogP contribution < -0.4 is 5.73 Å². The van der Waals surface area contributed by atoms with Crippen LogP contribution in [0.1, 0.15) is 16.3 Å². The van der Waals surface area contributed by atoms with Gasteiger partial charge in [0.2, 0.25) is 0 Å². The van der Waals surface area contributed by atoms with Crippen molar-refractivity contribution in [3.63, 3.8) is 0 Å². The van der Waals surface area contributed by atoms with E-state index in [9.17, 15) is 0 Å². The number of hydrogen-bond acceptors (Lipinski definition) is 6. The number of nitrogen functional groups attached to an aromatic ring is 1. The highest BCUT2D eigenvalue weighted by Gasteiger charge is 2.19. The van der Waals surface area contributed by atoms with Crippen molar-refractivity contribution in [2.45, 2.75) is 18.4 Å². The fourth-order valence-corrected chi connectivity index (χ4v) is 3.30. The Kier molecular flexibility index (Phi) is 2.33. The molecule has 3 heterocycles. The molecule has 0 atom stereocenters. The number of aromatic nitrogens is 3. The molecule has 0 amide bonds. The fourth-order valence-electron chi connectivity index (χ4n) is 1.66. The zero-order valence-corrected chi connectivity index (χ0v) is 10.4. The van der Waals surface area contributed by atoms with Crippen molar-refractivity contribution in [2.24, 2.45) is 0 Å². The van der Waals surface area contributed by atoms with Gasteiger partial charge >= 0.3 is 0 Å². The zero-order valence-electron chi connectivity index (χ0n) is 8.73. The molecule has 0 spiro atoms. The van der Waals surface area contributed by atoms with E-state index in [1.54, 1.807) is 11.3 Å². The molecule has 0 saturated heterocycles. The second-order valence-corrected chi connectivity index (χ2v) is 5.65. The van der Waals surface area contributed by atoms with E-state index in [0.29, 0.717) is 11.6 Å². The predicted octanol–water partition coefficient (Wildman–Crippen LogP) is 2.24. The number of nitrogens with two attached hydrogens (primary N) is 1. The smallest absolute Gasteiger partial charge is 0.181 e. The van der Waals surface area contributed by atoms with Gasteiger partial charge in [-0.15, -0.1) is 11.3 Å². The van der Waals surface area contributed by atoms with Gasteiger partial charge in [-0.1, -0.05) is 0 Å². The average Bonchev–Trinajstić information content (AvgIpc) is 2.85. The normalized spacial score (nSPS) is 14.1. The van der Waals surface area contributed by atoms with Gasteiger partial charge in [-0.05, 0) is 6.92 Å². The summed E-state index contributed by atoms with van der Waals surface area (Å²) in [6.07, 6.45) is 0. The van der Waals surface area contributed by atoms with E-state index in [-0.39, 0.29) is 0 Å². The van der Waals surface area contributed by atoms with Gasteiger partial charge in [0.25, 0.3) is 0 Å². The van der Waals surface area contributed by atoms with Gasteiger partial charge in [0.05, 0.1) is 10.7 Å². The molecule has 0 aliphatic carbocycles. The summed E-state index contributed by atoms with van der Waals surface area (Å²) in [4.78, 5) is 13.2. The van der Waals surface area contributed by atoms with Gasteiger partial charge in [0.15, 0.2) is 5.82 Å². The van der Waals surface area contributed by atoms with E-state index in [2.05, 4.69) is 15.0 Å². The first-order valence-electron chi connectivity index (χ1n) is 4.89. The number of hydrogen-bond donors (Lipinski definition) is 1. The van der Waals surface area contributed by atoms with Crippen molar-refractivity contribution in [2.75, 3.05) is 5.73 Å². The molecule has 3 rings (SSSR count). The number of thiazole rings is 1. The SMILES string of the molecule is Cc1nc(-c2nc(N)c3c(n2)CSC3)cs1. The standard InChI is InChI=1S/C10H10N4S2/c1-5-12-8(4-16-5)10-13-7-3-15-2-6(7)9(11)14-10/h4H,2-3H2,1H3,(H2,11,13,14). The Hall–Kier alpha value is -1.14. The lowest BCUT2D eigenvalue weighted by molar-refractivity contribution is 1.07. The highest BCUT2D eigenvalue weighted by atomic mass is 32.2. The first-order chi connectivity index (χ1) is 7.74. The zero-order chi connectivity index (χ0) is 11.1. The summed E-state index contributed by atoms with van der Waals surface area (Å²) in [5, 5.41) is 2.99. The lowest BCUT2D eigenvalue weighted by atomic mass is 10.2. The van der Waals surface area contributed by atoms with E-state index in [4.69, 9.17) is 5.73 Å². The van der Waals surface area contributed by atoms with Gasteiger partial charge in [0, 0.05) is 22.4 Å². The van der Waals surface area contributed by atoms with Crippen molar-refractivity contribution in [3.8, 4) is 11.5 Å². The molecule has 4 nitrogen and oxygen atoms in total. The maximum absolute atomic E-state index is 5.93. The van der Waals surface area contributed by atoms with Crippen LogP contribution in [0.3, 0.4) is 0 Å². The van der Waals surface area contributed by atoms with Crippen molar-refractivity contribution in [1.82, 2.24) is 15.0 Å². The molecule has 1 aliphatic rings. The molecule has 0 aromatic carbocycles. The molecule has 6 heteroatoms. The van der Waals surface area contributed by atoms with Gasteiger partial charge in [-0.2, -0.15) is 11.8 Å². The van der Waals surface area contributed by atoms with Crippen LogP contribution in [0.25, 0.3) is 11.5 Å². The summed E-state index contributed by atoms with van der Waals surface area (Å²) in [6, 6.07) is 0. The second kappa shape index (κ2) is 3.71. The molecular formula is C10H10N4S2. The monoisotopic (exact) mass is 250 g/mol. The Morgan fingerprint density at radius 1 is 1.25 bits per heavy atom. The Morgan fingerprint density at radius 2 is 2.12 bits per heavy atom. The van der Waals surface area contributed by atoms with Crippen LogP contribution in [0.15, 0.2) is 5.38 Å². The molecule has 82 valence electrons. The second-order valence-electron chi connectivity index (χ2n) is 3.60. The third-order valence-electron chi connectivity index (χ3n) is 2.46. The Morgan fingerprint density at radius 3 is 2.88 bits per heavy atom. The first-order valence-corrected chi connectivity index (χ1v) is 6.93. The van der Waals surface area contributed by atoms with E-state index < -0.39 is 0 Å². The van der Waals surface area contributed by atoms with Crippen LogP contribution in [0.5, 0.6) is 0 Å². The number of anilines is 1. The van der Waals surface area contributed by atoms with Crippen LogP contribution in [-0.2, 0) is 11.5 Å². The third-order valence-corrected chi connectivity index (χ3v) is 4.20. The van der Waals surface area contributed by atoms with Crippen molar-refractivity contribution in [1.29, 1.82) is 0 Å². The Labute approximate surface area is 101 Å². The summed E-state index contributed by atoms with van der Waals surface area (Å²) in [5.41, 5.74) is 8.92. The maximum Gasteiger partial charge on any atom is 0.181 e. The van der Waals surface area contributed by atoms with Crippen molar-refractivity contribution in [3.05, 3.63) is 21.6 Å². The average molecular weight is 250 g/mol. The van der Waals surface area contributed by atoms with E-state index >= 15 is 0 Å². The van der Waals surface area contributed by atoms with Crippen LogP contribution in [-0.4, -0.2) is 15.0 Å². The van der Waals surface area contributed by atoms with Crippen LogP contribution in [0.2, 0.25) is 0 Å². The molecule has 2 N–H and O–H groups in total. The third kappa shape index (κ3) is 1.58. The molecular weight excluding hydrogens is 240 g/mol. The van der Waals surface area contributed by atoms with Gasteiger partial charge < -0.3 is 5.73 Å². The molecule has 1 aliphatic heterocycles. The molecule has 0 bridgehead atoms. The molecule has 0 saturated carbocycles. The number of fused-ring (bicyclic) bond motifs is 1. The Balaban J connectivity index is 2.12. The van der Waals surface area contributed by atoms with Crippen LogP contribution in [0.4, 0.5) is 5.82 Å². The lowest BCUT2D eigenvalue weighted by Gasteiger charge is -2.03. The van der Waals surface area contributed by atoms with Crippen molar-refractivity contribution < 1.29 is 0 Å². The fraction of sp³-hybridized carbons (Fsp3) is 0.300. The molecule has 16 heavy (non-hydrogen) atoms. The first kappa shape index (κ1) is 10.0.